The Bertz CT molecular complexity index is 187. The van der Waals surface area contributed by atoms with Gasteiger partial charge in [0.1, 0.15) is 18.3 Å². The Hall–Kier alpha value is -0.160. The third-order valence-corrected chi connectivity index (χ3v) is 2.42. The lowest BCUT2D eigenvalue weighted by Gasteiger charge is -2.38. The molecule has 0 aliphatic carbocycles. The second kappa shape index (κ2) is 4.14. The first kappa shape index (κ1) is 11.9. The Morgan fingerprint density at radius 1 is 1.14 bits per heavy atom. The molecule has 1 aliphatic heterocycles. The second-order valence-electron chi connectivity index (χ2n) is 5.19. The summed E-state index contributed by atoms with van der Waals surface area (Å²) >= 11 is 0. The van der Waals surface area contributed by atoms with Gasteiger partial charge in [-0.15, -0.1) is 0 Å². The maximum Gasteiger partial charge on any atom is 0.111 e. The fourth-order valence-corrected chi connectivity index (χ4v) is 1.65. The summed E-state index contributed by atoms with van der Waals surface area (Å²) in [5.74, 6) is 0. The molecule has 0 aromatic carbocycles. The highest BCUT2D eigenvalue weighted by molar-refractivity contribution is 4.88. The highest BCUT2D eigenvalue weighted by Gasteiger charge is 2.38. The molecule has 1 rings (SSSR count). The minimum atomic E-state index is -1.09. The van der Waals surface area contributed by atoms with Gasteiger partial charge in [0.2, 0.25) is 0 Å². The lowest BCUT2D eigenvalue weighted by Crippen LogP contribution is -2.53. The van der Waals surface area contributed by atoms with E-state index in [-0.39, 0.29) is 18.1 Å². The Morgan fingerprint density at radius 3 is 2.21 bits per heavy atom. The van der Waals surface area contributed by atoms with Gasteiger partial charge in [0.15, 0.2) is 0 Å². The Balaban J connectivity index is 2.55. The quantitative estimate of drug-likeness (QED) is 0.558. The van der Waals surface area contributed by atoms with Crippen molar-refractivity contribution in [3.63, 3.8) is 0 Å². The summed E-state index contributed by atoms with van der Waals surface area (Å²) in [4.78, 5) is 0. The minimum Gasteiger partial charge on any atom is -0.388 e. The number of hydrogen-bond acceptors (Lipinski definition) is 4. The molecule has 1 saturated heterocycles. The van der Waals surface area contributed by atoms with Crippen LogP contribution in [0.4, 0.5) is 0 Å². The molecule has 0 aromatic heterocycles. The maximum atomic E-state index is 9.64. The number of rotatable bonds is 1. The lowest BCUT2D eigenvalue weighted by atomic mass is 9.85. The Labute approximate surface area is 84.5 Å². The molecule has 84 valence electrons. The van der Waals surface area contributed by atoms with Crippen LogP contribution in [0.3, 0.4) is 0 Å². The molecular weight excluding hydrogens is 184 g/mol. The molecule has 0 bridgehead atoms. The van der Waals surface area contributed by atoms with E-state index in [1.807, 2.05) is 20.8 Å². The molecule has 4 nitrogen and oxygen atoms in total. The van der Waals surface area contributed by atoms with Gasteiger partial charge in [-0.1, -0.05) is 20.8 Å². The summed E-state index contributed by atoms with van der Waals surface area (Å²) in [6, 6.07) is 0. The van der Waals surface area contributed by atoms with E-state index in [4.69, 9.17) is 4.74 Å². The SMILES string of the molecule is CC(C)(C)C[C@H]1OC[C@H](O)[C@@H](O)[C@@H]1O. The van der Waals surface area contributed by atoms with Crippen molar-refractivity contribution < 1.29 is 20.1 Å². The minimum absolute atomic E-state index is 0.0354. The first-order valence-corrected chi connectivity index (χ1v) is 4.97. The van der Waals surface area contributed by atoms with E-state index in [2.05, 4.69) is 0 Å². The van der Waals surface area contributed by atoms with Crippen LogP contribution in [0.2, 0.25) is 0 Å². The largest absolute Gasteiger partial charge is 0.388 e. The molecule has 14 heavy (non-hydrogen) atoms. The fraction of sp³-hybridized carbons (Fsp3) is 1.00. The molecule has 4 atom stereocenters. The molecular formula is C10H20O4. The maximum absolute atomic E-state index is 9.64. The van der Waals surface area contributed by atoms with E-state index in [0.29, 0.717) is 6.42 Å². The van der Waals surface area contributed by atoms with Gasteiger partial charge in [0, 0.05) is 0 Å². The molecule has 0 radical (unpaired) electrons. The number of aliphatic hydroxyl groups is 3. The van der Waals surface area contributed by atoms with E-state index in [9.17, 15) is 15.3 Å². The van der Waals surface area contributed by atoms with Gasteiger partial charge in [0.05, 0.1) is 12.7 Å². The molecule has 1 fully saturated rings. The van der Waals surface area contributed by atoms with Gasteiger partial charge in [-0.2, -0.15) is 0 Å². The molecule has 0 saturated carbocycles. The molecule has 1 aliphatic rings. The summed E-state index contributed by atoms with van der Waals surface area (Å²) in [6.45, 7) is 6.22. The fourth-order valence-electron chi connectivity index (χ4n) is 1.65. The van der Waals surface area contributed by atoms with Crippen LogP contribution >= 0.6 is 0 Å². The molecule has 0 amide bonds. The molecule has 0 spiro atoms. The number of ether oxygens (including phenoxy) is 1. The van der Waals surface area contributed by atoms with Crippen LogP contribution < -0.4 is 0 Å². The van der Waals surface area contributed by atoms with E-state index in [1.54, 1.807) is 0 Å². The molecule has 3 N–H and O–H groups in total. The first-order chi connectivity index (χ1) is 6.31. The van der Waals surface area contributed by atoms with Crippen LogP contribution in [0.25, 0.3) is 0 Å². The average Bonchev–Trinajstić information content (AvgIpc) is 2.04. The van der Waals surface area contributed by atoms with Crippen molar-refractivity contribution >= 4 is 0 Å². The van der Waals surface area contributed by atoms with Crippen LogP contribution in [0.1, 0.15) is 27.2 Å². The standard InChI is InChI=1S/C10H20O4/c1-10(2,3)4-7-9(13)8(12)6(11)5-14-7/h6-9,11-13H,4-5H2,1-3H3/t6-,7+,8+,9+/m0/s1. The average molecular weight is 204 g/mol. The monoisotopic (exact) mass is 204 g/mol. The van der Waals surface area contributed by atoms with Crippen LogP contribution in [0.5, 0.6) is 0 Å². The van der Waals surface area contributed by atoms with Gasteiger partial charge in [-0.25, -0.2) is 0 Å². The van der Waals surface area contributed by atoms with Crippen molar-refractivity contribution in [1.82, 2.24) is 0 Å². The summed E-state index contributed by atoms with van der Waals surface area (Å²) < 4.78 is 5.29. The smallest absolute Gasteiger partial charge is 0.111 e. The van der Waals surface area contributed by atoms with Crippen molar-refractivity contribution in [3.05, 3.63) is 0 Å². The van der Waals surface area contributed by atoms with Crippen molar-refractivity contribution in [1.29, 1.82) is 0 Å². The van der Waals surface area contributed by atoms with Crippen LogP contribution in [0, 0.1) is 5.41 Å². The molecule has 1 heterocycles. The predicted molar refractivity (Wildman–Crippen MR) is 51.8 cm³/mol. The van der Waals surface area contributed by atoms with Gasteiger partial charge >= 0.3 is 0 Å². The van der Waals surface area contributed by atoms with E-state index < -0.39 is 18.3 Å². The molecule has 0 aromatic rings. The first-order valence-electron chi connectivity index (χ1n) is 4.97. The third-order valence-electron chi connectivity index (χ3n) is 2.42. The summed E-state index contributed by atoms with van der Waals surface area (Å²) in [6.07, 6.45) is -2.76. The van der Waals surface area contributed by atoms with Crippen LogP contribution in [0.15, 0.2) is 0 Å². The van der Waals surface area contributed by atoms with Gasteiger partial charge in [-0.05, 0) is 11.8 Å². The number of aliphatic hydroxyl groups excluding tert-OH is 3. The summed E-state index contributed by atoms with van der Waals surface area (Å²) in [5.41, 5.74) is 0.0354. The Morgan fingerprint density at radius 2 is 1.71 bits per heavy atom. The van der Waals surface area contributed by atoms with Crippen molar-refractivity contribution in [2.24, 2.45) is 5.41 Å². The normalized spacial score (nSPS) is 39.9. The van der Waals surface area contributed by atoms with Crippen molar-refractivity contribution in [3.8, 4) is 0 Å². The van der Waals surface area contributed by atoms with Crippen molar-refractivity contribution in [2.45, 2.75) is 51.6 Å². The van der Waals surface area contributed by atoms with Crippen LogP contribution in [-0.4, -0.2) is 46.3 Å². The van der Waals surface area contributed by atoms with Gasteiger partial charge < -0.3 is 20.1 Å². The highest BCUT2D eigenvalue weighted by Crippen LogP contribution is 2.27. The van der Waals surface area contributed by atoms with E-state index in [0.717, 1.165) is 0 Å². The molecule has 0 unspecified atom stereocenters. The highest BCUT2D eigenvalue weighted by atomic mass is 16.5. The number of hydrogen-bond donors (Lipinski definition) is 3. The zero-order valence-corrected chi connectivity index (χ0v) is 8.97. The predicted octanol–water partition coefficient (Wildman–Crippen LogP) is -0.0959. The van der Waals surface area contributed by atoms with Gasteiger partial charge in [0.25, 0.3) is 0 Å². The Kier molecular flexibility index (Phi) is 3.53. The van der Waals surface area contributed by atoms with E-state index in [1.165, 1.54) is 0 Å². The topological polar surface area (TPSA) is 69.9 Å². The van der Waals surface area contributed by atoms with Crippen LogP contribution in [-0.2, 0) is 4.74 Å². The van der Waals surface area contributed by atoms with Gasteiger partial charge in [-0.3, -0.25) is 0 Å². The third kappa shape index (κ3) is 2.92. The van der Waals surface area contributed by atoms with E-state index >= 15 is 0 Å². The zero-order chi connectivity index (χ0) is 10.9. The second-order valence-corrected chi connectivity index (χ2v) is 5.19. The summed E-state index contributed by atoms with van der Waals surface area (Å²) in [5, 5.41) is 28.3. The zero-order valence-electron chi connectivity index (χ0n) is 8.97. The lowest BCUT2D eigenvalue weighted by molar-refractivity contribution is -0.193. The van der Waals surface area contributed by atoms with Crippen molar-refractivity contribution in [2.75, 3.05) is 6.61 Å². The molecule has 4 heteroatoms. The summed E-state index contributed by atoms with van der Waals surface area (Å²) in [7, 11) is 0.